The molecule has 0 N–H and O–H groups in total. The minimum Gasteiger partial charge on any atom is -0.481 e. The SMILES string of the molecule is N#Cc1ccccc1OCC(=O)OCC(=O)N1CCOC1=O. The molecule has 8 heteroatoms. The molecule has 1 saturated heterocycles. The van der Waals surface area contributed by atoms with Crippen molar-refractivity contribution in [2.75, 3.05) is 26.4 Å². The molecule has 0 radical (unpaired) electrons. The van der Waals surface area contributed by atoms with Crippen molar-refractivity contribution in [1.29, 1.82) is 5.26 Å². The maximum absolute atomic E-state index is 11.6. The number of cyclic esters (lactones) is 1. The lowest BCUT2D eigenvalue weighted by Gasteiger charge is -2.11. The van der Waals surface area contributed by atoms with Gasteiger partial charge < -0.3 is 14.2 Å². The largest absolute Gasteiger partial charge is 0.481 e. The van der Waals surface area contributed by atoms with Gasteiger partial charge in [0.05, 0.1) is 12.1 Å². The molecule has 8 nitrogen and oxygen atoms in total. The summed E-state index contributed by atoms with van der Waals surface area (Å²) >= 11 is 0. The van der Waals surface area contributed by atoms with Crippen LogP contribution in [0.4, 0.5) is 4.79 Å². The number of hydrogen-bond acceptors (Lipinski definition) is 7. The van der Waals surface area contributed by atoms with E-state index in [-0.39, 0.29) is 24.5 Å². The fourth-order valence-corrected chi connectivity index (χ4v) is 1.70. The Kier molecular flexibility index (Phi) is 4.93. The number of nitrogens with zero attached hydrogens (tertiary/aromatic N) is 2. The highest BCUT2D eigenvalue weighted by Gasteiger charge is 2.28. The second-order valence-electron chi connectivity index (χ2n) is 4.22. The first-order valence-electron chi connectivity index (χ1n) is 6.36. The van der Waals surface area contributed by atoms with E-state index in [0.717, 1.165) is 4.90 Å². The zero-order chi connectivity index (χ0) is 15.9. The number of hydrogen-bond donors (Lipinski definition) is 0. The predicted octanol–water partition coefficient (Wildman–Crippen LogP) is 0.459. The van der Waals surface area contributed by atoms with E-state index in [0.29, 0.717) is 0 Å². The topological polar surface area (TPSA) is 106 Å². The van der Waals surface area contributed by atoms with E-state index in [4.69, 9.17) is 14.7 Å². The molecule has 0 aliphatic carbocycles. The molecule has 1 aromatic rings. The first-order chi connectivity index (χ1) is 10.6. The molecule has 0 aromatic heterocycles. The Labute approximate surface area is 125 Å². The average molecular weight is 304 g/mol. The van der Waals surface area contributed by atoms with E-state index < -0.39 is 31.2 Å². The van der Waals surface area contributed by atoms with Gasteiger partial charge in [-0.2, -0.15) is 5.26 Å². The molecule has 1 heterocycles. The Morgan fingerprint density at radius 2 is 2.09 bits per heavy atom. The molecular weight excluding hydrogens is 292 g/mol. The fourth-order valence-electron chi connectivity index (χ4n) is 1.70. The fraction of sp³-hybridized carbons (Fsp3) is 0.286. The molecule has 2 rings (SSSR count). The van der Waals surface area contributed by atoms with Gasteiger partial charge in [-0.3, -0.25) is 4.79 Å². The number of esters is 1. The molecule has 114 valence electrons. The van der Waals surface area contributed by atoms with Gasteiger partial charge in [0.15, 0.2) is 13.2 Å². The van der Waals surface area contributed by atoms with E-state index in [1.165, 1.54) is 6.07 Å². The molecule has 1 aliphatic rings. The molecule has 0 bridgehead atoms. The molecule has 22 heavy (non-hydrogen) atoms. The van der Waals surface area contributed by atoms with E-state index in [1.54, 1.807) is 18.2 Å². The highest BCUT2D eigenvalue weighted by molar-refractivity contribution is 5.94. The van der Waals surface area contributed by atoms with Crippen molar-refractivity contribution in [2.45, 2.75) is 0 Å². The van der Waals surface area contributed by atoms with E-state index in [1.807, 2.05) is 6.07 Å². The quantitative estimate of drug-likeness (QED) is 0.727. The lowest BCUT2D eigenvalue weighted by Crippen LogP contribution is -2.35. The number of rotatable bonds is 5. The summed E-state index contributed by atoms with van der Waals surface area (Å²) in [5, 5.41) is 8.87. The third kappa shape index (κ3) is 3.73. The van der Waals surface area contributed by atoms with Crippen LogP contribution in [0.25, 0.3) is 0 Å². The summed E-state index contributed by atoms with van der Waals surface area (Å²) in [5.74, 6) is -1.20. The average Bonchev–Trinajstić information content (AvgIpc) is 2.97. The highest BCUT2D eigenvalue weighted by Crippen LogP contribution is 2.16. The van der Waals surface area contributed by atoms with Crippen LogP contribution < -0.4 is 4.74 Å². The zero-order valence-corrected chi connectivity index (χ0v) is 11.5. The second kappa shape index (κ2) is 7.08. The lowest BCUT2D eigenvalue weighted by molar-refractivity contribution is -0.152. The normalized spacial score (nSPS) is 13.2. The van der Waals surface area contributed by atoms with Gasteiger partial charge in [-0.15, -0.1) is 0 Å². The van der Waals surface area contributed by atoms with Gasteiger partial charge in [0, 0.05) is 0 Å². The van der Waals surface area contributed by atoms with Crippen LogP contribution in [0.3, 0.4) is 0 Å². The zero-order valence-electron chi connectivity index (χ0n) is 11.5. The minimum atomic E-state index is -0.784. The summed E-state index contributed by atoms with van der Waals surface area (Å²) in [6.07, 6.45) is -0.750. The number of para-hydroxylation sites is 1. The summed E-state index contributed by atoms with van der Waals surface area (Å²) in [5.41, 5.74) is 0.284. The molecule has 0 saturated carbocycles. The molecule has 0 unspecified atom stereocenters. The highest BCUT2D eigenvalue weighted by atomic mass is 16.6. The van der Waals surface area contributed by atoms with Gasteiger partial charge in [0.2, 0.25) is 0 Å². The molecule has 1 aliphatic heterocycles. The van der Waals surface area contributed by atoms with Crippen molar-refractivity contribution in [3.05, 3.63) is 29.8 Å². The monoisotopic (exact) mass is 304 g/mol. The van der Waals surface area contributed by atoms with Crippen molar-refractivity contribution >= 4 is 18.0 Å². The molecule has 1 aromatic carbocycles. The van der Waals surface area contributed by atoms with Crippen molar-refractivity contribution in [2.24, 2.45) is 0 Å². The Morgan fingerprint density at radius 3 is 2.77 bits per heavy atom. The van der Waals surface area contributed by atoms with Gasteiger partial charge in [0.25, 0.3) is 5.91 Å². The predicted molar refractivity (Wildman–Crippen MR) is 70.7 cm³/mol. The maximum atomic E-state index is 11.6. The number of carbonyl (C=O) groups is 3. The Balaban J connectivity index is 1.78. The number of carbonyl (C=O) groups excluding carboxylic acids is 3. The lowest BCUT2D eigenvalue weighted by atomic mass is 10.2. The summed E-state index contributed by atoms with van der Waals surface area (Å²) in [7, 11) is 0. The van der Waals surface area contributed by atoms with Crippen molar-refractivity contribution in [3.63, 3.8) is 0 Å². The first kappa shape index (κ1) is 15.3. The third-order valence-electron chi connectivity index (χ3n) is 2.77. The van der Waals surface area contributed by atoms with Crippen molar-refractivity contribution in [3.8, 4) is 11.8 Å². The third-order valence-corrected chi connectivity index (χ3v) is 2.77. The number of amides is 2. The van der Waals surface area contributed by atoms with Crippen LogP contribution in [0.15, 0.2) is 24.3 Å². The van der Waals surface area contributed by atoms with Gasteiger partial charge in [-0.1, -0.05) is 12.1 Å². The van der Waals surface area contributed by atoms with Gasteiger partial charge in [0.1, 0.15) is 18.4 Å². The summed E-state index contributed by atoms with van der Waals surface area (Å²) < 4.78 is 14.5. The van der Waals surface area contributed by atoms with E-state index >= 15 is 0 Å². The van der Waals surface area contributed by atoms with Crippen LogP contribution in [-0.4, -0.2) is 49.2 Å². The standard InChI is InChI=1S/C14H12N2O6/c15-7-10-3-1-2-4-11(10)21-9-13(18)22-8-12(17)16-5-6-20-14(16)19/h1-4H,5-6,8-9H2. The van der Waals surface area contributed by atoms with E-state index in [9.17, 15) is 14.4 Å². The number of ether oxygens (including phenoxy) is 3. The van der Waals surface area contributed by atoms with Crippen LogP contribution >= 0.6 is 0 Å². The summed E-state index contributed by atoms with van der Waals surface area (Å²) in [4.78, 5) is 35.1. The van der Waals surface area contributed by atoms with Crippen molar-refractivity contribution in [1.82, 2.24) is 4.90 Å². The van der Waals surface area contributed by atoms with Crippen LogP contribution in [0.5, 0.6) is 5.75 Å². The molecule has 0 atom stereocenters. The minimum absolute atomic E-state index is 0.132. The Morgan fingerprint density at radius 1 is 1.32 bits per heavy atom. The van der Waals surface area contributed by atoms with Gasteiger partial charge in [-0.25, -0.2) is 14.5 Å². The second-order valence-corrected chi connectivity index (χ2v) is 4.22. The van der Waals surface area contributed by atoms with Gasteiger partial charge >= 0.3 is 12.1 Å². The molecular formula is C14H12N2O6. The Bertz CT molecular complexity index is 636. The molecule has 2 amide bonds. The van der Waals surface area contributed by atoms with Crippen LogP contribution in [0, 0.1) is 11.3 Å². The van der Waals surface area contributed by atoms with E-state index in [2.05, 4.69) is 4.74 Å². The van der Waals surface area contributed by atoms with Crippen LogP contribution in [-0.2, 0) is 19.1 Å². The van der Waals surface area contributed by atoms with Crippen LogP contribution in [0.1, 0.15) is 5.56 Å². The smallest absolute Gasteiger partial charge is 0.416 e. The number of benzene rings is 1. The first-order valence-corrected chi connectivity index (χ1v) is 6.36. The molecule has 0 spiro atoms. The number of imide groups is 1. The summed E-state index contributed by atoms with van der Waals surface area (Å²) in [6, 6.07) is 8.33. The van der Waals surface area contributed by atoms with Crippen LogP contribution in [0.2, 0.25) is 0 Å². The maximum Gasteiger partial charge on any atom is 0.416 e. The summed E-state index contributed by atoms with van der Waals surface area (Å²) in [6.45, 7) is -0.749. The Hall–Kier alpha value is -3.08. The van der Waals surface area contributed by atoms with Crippen molar-refractivity contribution < 1.29 is 28.6 Å². The molecule has 1 fully saturated rings. The number of nitriles is 1. The van der Waals surface area contributed by atoms with Gasteiger partial charge in [-0.05, 0) is 12.1 Å².